The number of halogens is 3. The molecule has 1 aromatic heterocycles. The lowest BCUT2D eigenvalue weighted by atomic mass is 9.99. The minimum atomic E-state index is -2.84. The van der Waals surface area contributed by atoms with E-state index >= 15 is 0 Å². The third-order valence-corrected chi connectivity index (χ3v) is 6.11. The number of carbonyl (C=O) groups excluding carboxylic acids is 1. The SMILES string of the molecule is CCC(F)(F)c1ccc(CC(=O)Cc2ccc(-n3nc(C)cc3-c3ccccc3Cl)cc2)cc1. The number of alkyl halides is 2. The minimum absolute atomic E-state index is 0.0215. The van der Waals surface area contributed by atoms with Crippen LogP contribution in [-0.4, -0.2) is 15.6 Å². The number of aromatic nitrogens is 2. The topological polar surface area (TPSA) is 34.9 Å². The fraction of sp³-hybridized carbons (Fsp3) is 0.214. The van der Waals surface area contributed by atoms with Crippen molar-refractivity contribution < 1.29 is 13.6 Å². The first-order valence-electron chi connectivity index (χ1n) is 11.2. The number of hydrogen-bond donors (Lipinski definition) is 0. The van der Waals surface area contributed by atoms with E-state index < -0.39 is 5.92 Å². The third-order valence-electron chi connectivity index (χ3n) is 5.79. The predicted octanol–water partition coefficient (Wildman–Crippen LogP) is 7.36. The van der Waals surface area contributed by atoms with Crippen LogP contribution in [-0.2, 0) is 23.6 Å². The summed E-state index contributed by atoms with van der Waals surface area (Å²) in [6.07, 6.45) is 0.219. The number of carbonyl (C=O) groups is 1. The Kier molecular flexibility index (Phi) is 6.94. The van der Waals surface area contributed by atoms with E-state index in [0.717, 1.165) is 33.8 Å². The molecule has 34 heavy (non-hydrogen) atoms. The van der Waals surface area contributed by atoms with Crippen molar-refractivity contribution in [2.24, 2.45) is 0 Å². The molecular formula is C28H25ClF2N2O. The molecular weight excluding hydrogens is 454 g/mol. The van der Waals surface area contributed by atoms with Crippen molar-refractivity contribution in [2.75, 3.05) is 0 Å². The monoisotopic (exact) mass is 478 g/mol. The van der Waals surface area contributed by atoms with Crippen molar-refractivity contribution in [3.05, 3.63) is 106 Å². The Labute approximate surface area is 203 Å². The van der Waals surface area contributed by atoms with Crippen LogP contribution >= 0.6 is 11.6 Å². The molecule has 0 bridgehead atoms. The summed E-state index contributed by atoms with van der Waals surface area (Å²) < 4.78 is 29.4. The van der Waals surface area contributed by atoms with E-state index in [2.05, 4.69) is 5.10 Å². The van der Waals surface area contributed by atoms with Crippen LogP contribution in [0.5, 0.6) is 0 Å². The van der Waals surface area contributed by atoms with Gasteiger partial charge in [0.15, 0.2) is 0 Å². The Bertz CT molecular complexity index is 1290. The van der Waals surface area contributed by atoms with E-state index in [1.807, 2.05) is 66.2 Å². The molecule has 0 atom stereocenters. The lowest BCUT2D eigenvalue weighted by Gasteiger charge is -2.14. The number of aryl methyl sites for hydroxylation is 1. The van der Waals surface area contributed by atoms with Gasteiger partial charge in [-0.15, -0.1) is 0 Å². The molecule has 6 heteroatoms. The van der Waals surface area contributed by atoms with Gasteiger partial charge in [0.05, 0.1) is 17.1 Å². The highest BCUT2D eigenvalue weighted by Crippen LogP contribution is 2.32. The normalized spacial score (nSPS) is 11.6. The molecule has 3 nitrogen and oxygen atoms in total. The Hall–Kier alpha value is -3.31. The Morgan fingerprint density at radius 1 is 0.941 bits per heavy atom. The van der Waals surface area contributed by atoms with E-state index in [0.29, 0.717) is 5.02 Å². The third kappa shape index (κ3) is 5.26. The van der Waals surface area contributed by atoms with Crippen LogP contribution in [0.2, 0.25) is 5.02 Å². The van der Waals surface area contributed by atoms with Crippen molar-refractivity contribution in [1.29, 1.82) is 0 Å². The molecule has 4 rings (SSSR count). The fourth-order valence-corrected chi connectivity index (χ4v) is 4.13. The maximum Gasteiger partial charge on any atom is 0.273 e. The average molecular weight is 479 g/mol. The average Bonchev–Trinajstić information content (AvgIpc) is 3.21. The zero-order valence-electron chi connectivity index (χ0n) is 19.1. The minimum Gasteiger partial charge on any atom is -0.299 e. The summed E-state index contributed by atoms with van der Waals surface area (Å²) in [5, 5.41) is 5.26. The number of hydrogen-bond acceptors (Lipinski definition) is 2. The first-order valence-corrected chi connectivity index (χ1v) is 11.5. The molecule has 0 aliphatic heterocycles. The maximum atomic E-state index is 13.8. The number of ketones is 1. The van der Waals surface area contributed by atoms with Crippen LogP contribution in [0.1, 0.15) is 35.7 Å². The molecule has 0 radical (unpaired) electrons. The second kappa shape index (κ2) is 9.90. The standard InChI is InChI=1S/C28H25ClF2N2O/c1-3-28(30,31)22-12-8-20(9-13-22)17-24(34)18-21-10-14-23(15-11-21)33-27(16-19(2)32-33)25-6-4-5-7-26(25)29/h4-16H,3,17-18H2,1-2H3. The van der Waals surface area contributed by atoms with Gasteiger partial charge in [-0.3, -0.25) is 4.79 Å². The quantitative estimate of drug-likeness (QED) is 0.265. The number of benzene rings is 3. The van der Waals surface area contributed by atoms with Crippen molar-refractivity contribution in [1.82, 2.24) is 9.78 Å². The summed E-state index contributed by atoms with van der Waals surface area (Å²) in [7, 11) is 0. The smallest absolute Gasteiger partial charge is 0.273 e. The zero-order chi connectivity index (χ0) is 24.3. The lowest BCUT2D eigenvalue weighted by Crippen LogP contribution is -2.12. The second-order valence-electron chi connectivity index (χ2n) is 8.38. The number of rotatable bonds is 8. The highest BCUT2D eigenvalue weighted by Gasteiger charge is 2.28. The van der Waals surface area contributed by atoms with Gasteiger partial charge in [0.1, 0.15) is 5.78 Å². The van der Waals surface area contributed by atoms with Gasteiger partial charge >= 0.3 is 0 Å². The molecule has 0 unspecified atom stereocenters. The summed E-state index contributed by atoms with van der Waals surface area (Å²) in [5.41, 5.74) is 5.12. The van der Waals surface area contributed by atoms with Gasteiger partial charge in [0.2, 0.25) is 0 Å². The van der Waals surface area contributed by atoms with Crippen LogP contribution in [0, 0.1) is 6.92 Å². The van der Waals surface area contributed by atoms with Gasteiger partial charge in [-0.2, -0.15) is 5.10 Å². The van der Waals surface area contributed by atoms with Crippen molar-refractivity contribution in [3.8, 4) is 16.9 Å². The summed E-state index contributed by atoms with van der Waals surface area (Å²) >= 11 is 6.40. The van der Waals surface area contributed by atoms with Crippen molar-refractivity contribution in [2.45, 2.75) is 39.0 Å². The van der Waals surface area contributed by atoms with Crippen LogP contribution in [0.25, 0.3) is 16.9 Å². The molecule has 0 aliphatic rings. The van der Waals surface area contributed by atoms with Crippen LogP contribution < -0.4 is 0 Å². The highest BCUT2D eigenvalue weighted by atomic mass is 35.5. The summed E-state index contributed by atoms with van der Waals surface area (Å²) in [4.78, 5) is 12.6. The fourth-order valence-electron chi connectivity index (χ4n) is 3.90. The van der Waals surface area contributed by atoms with E-state index in [9.17, 15) is 13.6 Å². The molecule has 3 aromatic carbocycles. The molecule has 1 heterocycles. The van der Waals surface area contributed by atoms with Crippen molar-refractivity contribution in [3.63, 3.8) is 0 Å². The van der Waals surface area contributed by atoms with Gasteiger partial charge in [-0.1, -0.05) is 73.1 Å². The zero-order valence-corrected chi connectivity index (χ0v) is 19.8. The molecule has 0 saturated heterocycles. The number of Topliss-reactive ketones (excluding diaryl/α,β-unsaturated/α-hetero) is 1. The van der Waals surface area contributed by atoms with Gasteiger partial charge in [0.25, 0.3) is 5.92 Å². The molecule has 0 fully saturated rings. The van der Waals surface area contributed by atoms with E-state index in [-0.39, 0.29) is 30.6 Å². The maximum absolute atomic E-state index is 13.8. The molecule has 0 aliphatic carbocycles. The van der Waals surface area contributed by atoms with E-state index in [4.69, 9.17) is 11.6 Å². The molecule has 0 saturated carbocycles. The largest absolute Gasteiger partial charge is 0.299 e. The van der Waals surface area contributed by atoms with Gasteiger partial charge < -0.3 is 0 Å². The summed E-state index contributed by atoms with van der Waals surface area (Å²) in [6.45, 7) is 3.38. The van der Waals surface area contributed by atoms with Gasteiger partial charge in [-0.05, 0) is 42.3 Å². The highest BCUT2D eigenvalue weighted by molar-refractivity contribution is 6.33. The van der Waals surface area contributed by atoms with Crippen LogP contribution in [0.3, 0.4) is 0 Å². The Morgan fingerprint density at radius 2 is 1.53 bits per heavy atom. The van der Waals surface area contributed by atoms with Gasteiger partial charge in [0, 0.05) is 35.4 Å². The van der Waals surface area contributed by atoms with Crippen molar-refractivity contribution >= 4 is 17.4 Å². The number of nitrogens with zero attached hydrogens (tertiary/aromatic N) is 2. The summed E-state index contributed by atoms with van der Waals surface area (Å²) in [6, 6.07) is 23.3. The molecule has 0 spiro atoms. The molecule has 0 amide bonds. The van der Waals surface area contributed by atoms with Crippen LogP contribution in [0.15, 0.2) is 78.9 Å². The van der Waals surface area contributed by atoms with Crippen LogP contribution in [0.4, 0.5) is 8.78 Å². The first kappa shape index (κ1) is 23.8. The molecule has 174 valence electrons. The van der Waals surface area contributed by atoms with Gasteiger partial charge in [-0.25, -0.2) is 13.5 Å². The molecule has 4 aromatic rings. The van der Waals surface area contributed by atoms with E-state index in [1.165, 1.54) is 19.1 Å². The predicted molar refractivity (Wildman–Crippen MR) is 132 cm³/mol. The Balaban J connectivity index is 1.46. The Morgan fingerprint density at radius 3 is 2.12 bits per heavy atom. The van der Waals surface area contributed by atoms with E-state index in [1.54, 1.807) is 12.1 Å². The first-order chi connectivity index (χ1) is 16.3. The molecule has 0 N–H and O–H groups in total. The summed E-state index contributed by atoms with van der Waals surface area (Å²) in [5.74, 6) is -2.82. The lowest BCUT2D eigenvalue weighted by molar-refractivity contribution is -0.117. The second-order valence-corrected chi connectivity index (χ2v) is 8.78.